The third-order valence-electron chi connectivity index (χ3n) is 3.65. The van der Waals surface area contributed by atoms with Gasteiger partial charge in [-0.05, 0) is 37.6 Å². The van der Waals surface area contributed by atoms with Crippen LogP contribution in [0.2, 0.25) is 0 Å². The van der Waals surface area contributed by atoms with E-state index >= 15 is 0 Å². The lowest BCUT2D eigenvalue weighted by atomic mass is 10.1. The van der Waals surface area contributed by atoms with Gasteiger partial charge in [-0.2, -0.15) is 0 Å². The van der Waals surface area contributed by atoms with E-state index in [4.69, 9.17) is 22.7 Å². The highest BCUT2D eigenvalue weighted by Gasteiger charge is 2.20. The van der Waals surface area contributed by atoms with Gasteiger partial charge in [0.15, 0.2) is 0 Å². The van der Waals surface area contributed by atoms with E-state index in [2.05, 4.69) is 23.1 Å². The van der Waals surface area contributed by atoms with Crippen LogP contribution < -0.4 is 15.4 Å². The average molecular weight is 298 g/mol. The molecule has 2 aromatic rings. The number of fused-ring (bicyclic) bond motifs is 1. The van der Waals surface area contributed by atoms with Crippen LogP contribution >= 0.6 is 12.2 Å². The van der Waals surface area contributed by atoms with Crippen LogP contribution in [0.25, 0.3) is 0 Å². The molecule has 2 N–H and O–H groups in total. The van der Waals surface area contributed by atoms with Crippen LogP contribution in [0, 0.1) is 6.92 Å². The minimum atomic E-state index is 0.427. The predicted molar refractivity (Wildman–Crippen MR) is 90.6 cm³/mol. The van der Waals surface area contributed by atoms with E-state index in [1.54, 1.807) is 0 Å². The summed E-state index contributed by atoms with van der Waals surface area (Å²) in [4.78, 5) is 2.67. The van der Waals surface area contributed by atoms with E-state index in [-0.39, 0.29) is 0 Å². The lowest BCUT2D eigenvalue weighted by Gasteiger charge is -2.26. The van der Waals surface area contributed by atoms with Gasteiger partial charge in [-0.25, -0.2) is 0 Å². The number of anilines is 2. The molecule has 1 heterocycles. The second kappa shape index (κ2) is 5.74. The van der Waals surface area contributed by atoms with Gasteiger partial charge >= 0.3 is 0 Å². The lowest BCUT2D eigenvalue weighted by molar-refractivity contribution is 0.322. The van der Waals surface area contributed by atoms with Crippen molar-refractivity contribution >= 4 is 28.6 Å². The highest BCUT2D eigenvalue weighted by atomic mass is 32.1. The monoisotopic (exact) mass is 298 g/mol. The molecule has 1 aliphatic heterocycles. The quantitative estimate of drug-likeness (QED) is 0.861. The molecule has 0 amide bonds. The van der Waals surface area contributed by atoms with Crippen molar-refractivity contribution in [1.29, 1.82) is 0 Å². The first-order valence-corrected chi connectivity index (χ1v) is 7.47. The zero-order chi connectivity index (χ0) is 14.8. The van der Waals surface area contributed by atoms with E-state index < -0.39 is 0 Å². The highest BCUT2D eigenvalue weighted by molar-refractivity contribution is 7.80. The van der Waals surface area contributed by atoms with E-state index in [9.17, 15) is 0 Å². The summed E-state index contributed by atoms with van der Waals surface area (Å²) in [6.07, 6.45) is 0.958. The molecular weight excluding hydrogens is 280 g/mol. The fourth-order valence-corrected chi connectivity index (χ4v) is 2.82. The Morgan fingerprint density at radius 3 is 2.81 bits per heavy atom. The molecule has 0 aliphatic carbocycles. The summed E-state index contributed by atoms with van der Waals surface area (Å²) >= 11 is 5.23. The Hall–Kier alpha value is -2.07. The fraction of sp³-hybridized carbons (Fsp3) is 0.235. The van der Waals surface area contributed by atoms with Crippen molar-refractivity contribution in [2.75, 3.05) is 18.1 Å². The molecule has 1 aliphatic rings. The van der Waals surface area contributed by atoms with Gasteiger partial charge < -0.3 is 15.4 Å². The molecule has 3 nitrogen and oxygen atoms in total. The SMILES string of the molecule is Cc1ccc(N2CCCOc3ccccc32)c(C(N)=S)c1. The number of hydrogen-bond donors (Lipinski definition) is 1. The molecule has 0 aromatic heterocycles. The minimum Gasteiger partial charge on any atom is -0.491 e. The molecule has 0 fully saturated rings. The molecule has 0 bridgehead atoms. The van der Waals surface area contributed by atoms with E-state index in [1.807, 2.05) is 31.2 Å². The number of hydrogen-bond acceptors (Lipinski definition) is 3. The van der Waals surface area contributed by atoms with Crippen LogP contribution in [-0.2, 0) is 0 Å². The molecule has 108 valence electrons. The number of thiocarbonyl (C=S) groups is 1. The van der Waals surface area contributed by atoms with Crippen molar-refractivity contribution in [3.8, 4) is 5.75 Å². The van der Waals surface area contributed by atoms with E-state index in [0.29, 0.717) is 4.99 Å². The first kappa shape index (κ1) is 13.9. The number of rotatable bonds is 2. The summed E-state index contributed by atoms with van der Waals surface area (Å²) in [6, 6.07) is 14.3. The summed E-state index contributed by atoms with van der Waals surface area (Å²) < 4.78 is 5.82. The topological polar surface area (TPSA) is 38.5 Å². The third-order valence-corrected chi connectivity index (χ3v) is 3.87. The van der Waals surface area contributed by atoms with Crippen LogP contribution in [0.15, 0.2) is 42.5 Å². The molecule has 0 unspecified atom stereocenters. The summed E-state index contributed by atoms with van der Waals surface area (Å²) in [7, 11) is 0. The first-order valence-electron chi connectivity index (χ1n) is 7.06. The third kappa shape index (κ3) is 2.72. The van der Waals surface area contributed by atoms with Crippen molar-refractivity contribution in [2.24, 2.45) is 5.73 Å². The largest absolute Gasteiger partial charge is 0.491 e. The number of para-hydroxylation sites is 2. The van der Waals surface area contributed by atoms with E-state index in [1.165, 1.54) is 0 Å². The smallest absolute Gasteiger partial charge is 0.142 e. The summed E-state index contributed by atoms with van der Waals surface area (Å²) in [6.45, 7) is 3.66. The average Bonchev–Trinajstić information content (AvgIpc) is 2.69. The van der Waals surface area contributed by atoms with Gasteiger partial charge in [-0.1, -0.05) is 36.0 Å². The van der Waals surface area contributed by atoms with Gasteiger partial charge in [-0.3, -0.25) is 0 Å². The zero-order valence-corrected chi connectivity index (χ0v) is 12.8. The Kier molecular flexibility index (Phi) is 3.80. The Bertz CT molecular complexity index is 684. The van der Waals surface area contributed by atoms with Gasteiger partial charge in [0.25, 0.3) is 0 Å². The molecule has 21 heavy (non-hydrogen) atoms. The van der Waals surface area contributed by atoms with Crippen molar-refractivity contribution in [2.45, 2.75) is 13.3 Å². The maximum atomic E-state index is 5.92. The van der Waals surface area contributed by atoms with Crippen LogP contribution in [-0.4, -0.2) is 18.1 Å². The maximum Gasteiger partial charge on any atom is 0.142 e. The van der Waals surface area contributed by atoms with Crippen molar-refractivity contribution in [3.63, 3.8) is 0 Å². The van der Waals surface area contributed by atoms with Crippen molar-refractivity contribution < 1.29 is 4.74 Å². The molecule has 3 rings (SSSR count). The molecule has 0 saturated heterocycles. The van der Waals surface area contributed by atoms with Crippen LogP contribution in [0.3, 0.4) is 0 Å². The Balaban J connectivity index is 2.14. The Labute approximate surface area is 130 Å². The molecule has 2 aromatic carbocycles. The van der Waals surface area contributed by atoms with Crippen LogP contribution in [0.5, 0.6) is 5.75 Å². The second-order valence-electron chi connectivity index (χ2n) is 5.21. The van der Waals surface area contributed by atoms with Gasteiger partial charge in [0, 0.05) is 12.1 Å². The number of nitrogens with zero attached hydrogens (tertiary/aromatic N) is 1. The normalized spacial score (nSPS) is 14.0. The predicted octanol–water partition coefficient (Wildman–Crippen LogP) is 3.55. The lowest BCUT2D eigenvalue weighted by Crippen LogP contribution is -2.22. The fourth-order valence-electron chi connectivity index (χ4n) is 2.66. The van der Waals surface area contributed by atoms with Crippen molar-refractivity contribution in [3.05, 3.63) is 53.6 Å². The summed E-state index contributed by atoms with van der Waals surface area (Å²) in [5, 5.41) is 0. The zero-order valence-electron chi connectivity index (χ0n) is 12.0. The minimum absolute atomic E-state index is 0.427. The first-order chi connectivity index (χ1) is 10.2. The van der Waals surface area contributed by atoms with Gasteiger partial charge in [-0.15, -0.1) is 0 Å². The van der Waals surface area contributed by atoms with E-state index in [0.717, 1.165) is 47.8 Å². The molecule has 0 spiro atoms. The Morgan fingerprint density at radius 1 is 1.19 bits per heavy atom. The summed E-state index contributed by atoms with van der Waals surface area (Å²) in [5.74, 6) is 0.907. The summed E-state index contributed by atoms with van der Waals surface area (Å²) in [5.41, 5.74) is 10.1. The van der Waals surface area contributed by atoms with Gasteiger partial charge in [0.1, 0.15) is 10.7 Å². The molecule has 4 heteroatoms. The molecular formula is C17H18N2OS. The number of benzene rings is 2. The number of ether oxygens (including phenoxy) is 1. The Morgan fingerprint density at radius 2 is 2.00 bits per heavy atom. The second-order valence-corrected chi connectivity index (χ2v) is 5.65. The molecule has 0 saturated carbocycles. The maximum absolute atomic E-state index is 5.92. The number of nitrogens with two attached hydrogens (primary N) is 1. The molecule has 0 radical (unpaired) electrons. The number of aryl methyl sites for hydroxylation is 1. The standard InChI is InChI=1S/C17H18N2OS/c1-12-7-8-14(13(11-12)17(18)21)19-9-4-10-20-16-6-3-2-5-15(16)19/h2-3,5-8,11H,4,9-10H2,1H3,(H2,18,21). The van der Waals surface area contributed by atoms with Crippen LogP contribution in [0.1, 0.15) is 17.5 Å². The van der Waals surface area contributed by atoms with Crippen LogP contribution in [0.4, 0.5) is 11.4 Å². The van der Waals surface area contributed by atoms with Crippen molar-refractivity contribution in [1.82, 2.24) is 0 Å². The molecule has 0 atom stereocenters. The highest BCUT2D eigenvalue weighted by Crippen LogP contribution is 2.37. The van der Waals surface area contributed by atoms with Gasteiger partial charge in [0.2, 0.25) is 0 Å². The van der Waals surface area contributed by atoms with Gasteiger partial charge in [0.05, 0.1) is 18.0 Å².